The topological polar surface area (TPSA) is 67.3 Å². The van der Waals surface area contributed by atoms with Crippen LogP contribution in [0.25, 0.3) is 150 Å². The Morgan fingerprint density at radius 3 is 0.946 bits per heavy atom. The molecule has 17 aromatic rings. The molecule has 446 valence electrons. The van der Waals surface area contributed by atoms with Gasteiger partial charge >= 0.3 is 0 Å². The molecular weight excluding hydrogens is 1160 g/mol. The molecule has 0 N–H and O–H groups in total. The maximum absolute atomic E-state index is 13.3. The summed E-state index contributed by atoms with van der Waals surface area (Å²) >= 11 is 3.64. The van der Waals surface area contributed by atoms with Crippen LogP contribution < -0.4 is 0 Å². The average molecular weight is 1230 g/mol. The fourth-order valence-electron chi connectivity index (χ4n) is 15.5. The van der Waals surface area contributed by atoms with E-state index in [0.29, 0.717) is 28.2 Å². The summed E-state index contributed by atoms with van der Waals surface area (Å²) in [7, 11) is 0. The SMILES string of the molecule is CC(C)(C)c1ccc2c(c1)c1cc(C(C)(C)C)c3c4ccccc4sc3c1n2-c1c(C#N)c(-n2c3ccccc3c3ccccc32)c(-n2c3ccc(C(C)(C)C)cc3c3cc(C(C)(C)C)c4c5ccccc5sc4c32)c(-n2c3ccccc3c3ccccc32)c1C#N. The normalized spacial score (nSPS) is 13.0. The van der Waals surface area contributed by atoms with Gasteiger partial charge in [0, 0.05) is 74.0 Å². The van der Waals surface area contributed by atoms with Crippen LogP contribution in [0.15, 0.2) is 194 Å². The molecule has 17 rings (SSSR count). The predicted molar refractivity (Wildman–Crippen MR) is 394 cm³/mol. The summed E-state index contributed by atoms with van der Waals surface area (Å²) < 4.78 is 14.3. The molecule has 0 unspecified atom stereocenters. The third-order valence-corrected chi connectivity index (χ3v) is 22.1. The maximum atomic E-state index is 13.3. The van der Waals surface area contributed by atoms with Gasteiger partial charge in [-0.05, 0) is 117 Å². The lowest BCUT2D eigenvalue weighted by Gasteiger charge is -2.28. The minimum atomic E-state index is -0.250. The van der Waals surface area contributed by atoms with Crippen molar-refractivity contribution in [3.8, 4) is 34.9 Å². The lowest BCUT2D eigenvalue weighted by atomic mass is 9.82. The van der Waals surface area contributed by atoms with E-state index in [1.165, 1.54) is 53.2 Å². The Morgan fingerprint density at radius 2 is 0.609 bits per heavy atom. The zero-order valence-electron chi connectivity index (χ0n) is 54.0. The Morgan fingerprint density at radius 1 is 0.293 bits per heavy atom. The fourth-order valence-corrected chi connectivity index (χ4v) is 18.0. The van der Waals surface area contributed by atoms with Gasteiger partial charge in [0.2, 0.25) is 0 Å². The van der Waals surface area contributed by atoms with Crippen LogP contribution in [0.2, 0.25) is 0 Å². The van der Waals surface area contributed by atoms with Gasteiger partial charge in [0.1, 0.15) is 23.3 Å². The number of nitrogens with zero attached hydrogens (tertiary/aromatic N) is 6. The molecule has 0 saturated heterocycles. The number of thiophene rings is 2. The molecule has 0 atom stereocenters. The van der Waals surface area contributed by atoms with Gasteiger partial charge in [-0.2, -0.15) is 10.5 Å². The molecule has 92 heavy (non-hydrogen) atoms. The van der Waals surface area contributed by atoms with E-state index in [1.54, 1.807) is 11.3 Å². The first-order valence-electron chi connectivity index (χ1n) is 32.0. The van der Waals surface area contributed by atoms with Crippen LogP contribution in [0.4, 0.5) is 0 Å². The number of para-hydroxylation sites is 4. The van der Waals surface area contributed by atoms with Gasteiger partial charge in [-0.3, -0.25) is 0 Å². The first-order valence-corrected chi connectivity index (χ1v) is 33.7. The second kappa shape index (κ2) is 19.3. The number of hydrogen-bond acceptors (Lipinski definition) is 4. The van der Waals surface area contributed by atoms with Crippen LogP contribution in [0.1, 0.15) is 116 Å². The monoisotopic (exact) mass is 1220 g/mol. The van der Waals surface area contributed by atoms with Gasteiger partial charge in [0.25, 0.3) is 0 Å². The van der Waals surface area contributed by atoms with Gasteiger partial charge in [-0.1, -0.05) is 204 Å². The molecule has 6 nitrogen and oxygen atoms in total. The van der Waals surface area contributed by atoms with Crippen LogP contribution in [0.3, 0.4) is 0 Å². The standard InChI is InChI=1S/C84H68N6S2/c1-81(2,3)47-37-39-67-55(41-47)57-43-61(83(7,8)9)71-53-29-17-23-35-69(53)91-79(71)76(57)89(67)73-59(45-85)74(87-63-31-19-13-25-49(63)50-26-14-20-32-64(50)87)78(75(60(73)46-86)88-65-33-21-15-27-51(65)52-28-16-22-34-66(52)88)90-68-40-38-48(82(4,5)6)42-56(68)58-44-62(84(10,11)12)72-54-30-18-24-36-70(54)92-80(72)77(58)90/h13-44H,1-12H3. The van der Waals surface area contributed by atoms with E-state index in [9.17, 15) is 10.5 Å². The van der Waals surface area contributed by atoms with Crippen molar-refractivity contribution >= 4 is 150 Å². The van der Waals surface area contributed by atoms with E-state index in [1.807, 2.05) is 11.3 Å². The Labute approximate surface area is 542 Å². The summed E-state index contributed by atoms with van der Waals surface area (Å²) in [5.41, 5.74) is 15.2. The molecular formula is C84H68N6S2. The van der Waals surface area contributed by atoms with E-state index in [-0.39, 0.29) is 21.7 Å². The first-order chi connectivity index (χ1) is 44.1. The van der Waals surface area contributed by atoms with Crippen LogP contribution in [0, 0.1) is 22.7 Å². The molecule has 0 fully saturated rings. The molecule has 6 aromatic heterocycles. The van der Waals surface area contributed by atoms with Crippen molar-refractivity contribution in [1.82, 2.24) is 18.3 Å². The highest BCUT2D eigenvalue weighted by Gasteiger charge is 2.38. The lowest BCUT2D eigenvalue weighted by molar-refractivity contribution is 0.591. The minimum absolute atomic E-state index is 0.188. The van der Waals surface area contributed by atoms with Crippen molar-refractivity contribution in [2.45, 2.75) is 105 Å². The molecule has 0 bridgehead atoms. The first kappa shape index (κ1) is 56.1. The van der Waals surface area contributed by atoms with E-state index in [4.69, 9.17) is 0 Å². The van der Waals surface area contributed by atoms with Crippen molar-refractivity contribution in [3.05, 3.63) is 228 Å². The van der Waals surface area contributed by atoms with Crippen molar-refractivity contribution in [2.75, 3.05) is 0 Å². The van der Waals surface area contributed by atoms with Crippen LogP contribution in [0.5, 0.6) is 0 Å². The Kier molecular flexibility index (Phi) is 11.8. The smallest absolute Gasteiger partial charge is 0.104 e. The summed E-state index contributed by atoms with van der Waals surface area (Å²) in [4.78, 5) is 0. The molecule has 0 aliphatic carbocycles. The quantitative estimate of drug-likeness (QED) is 0.176. The second-order valence-corrected chi connectivity index (χ2v) is 31.6. The number of hydrogen-bond donors (Lipinski definition) is 0. The zero-order valence-corrected chi connectivity index (χ0v) is 55.6. The summed E-state index contributed by atoms with van der Waals surface area (Å²) in [6, 6.07) is 77.4. The summed E-state index contributed by atoms with van der Waals surface area (Å²) in [6.07, 6.45) is 0. The maximum Gasteiger partial charge on any atom is 0.104 e. The highest BCUT2D eigenvalue weighted by atomic mass is 32.1. The number of fused-ring (bicyclic) bond motifs is 20. The lowest BCUT2D eigenvalue weighted by Crippen LogP contribution is -2.17. The summed E-state index contributed by atoms with van der Waals surface area (Å²) in [5, 5.41) is 40.0. The average Bonchev–Trinajstić information content (AvgIpc) is 1.51. The molecule has 0 aliphatic heterocycles. The van der Waals surface area contributed by atoms with Crippen molar-refractivity contribution < 1.29 is 0 Å². The number of aromatic nitrogens is 4. The molecule has 0 radical (unpaired) electrons. The van der Waals surface area contributed by atoms with Crippen molar-refractivity contribution in [3.63, 3.8) is 0 Å². The van der Waals surface area contributed by atoms with E-state index in [0.717, 1.165) is 102 Å². The number of nitriles is 2. The van der Waals surface area contributed by atoms with Crippen LogP contribution in [-0.2, 0) is 21.7 Å². The highest BCUT2D eigenvalue weighted by molar-refractivity contribution is 7.27. The summed E-state index contributed by atoms with van der Waals surface area (Å²) in [6.45, 7) is 27.7. The molecule has 0 amide bonds. The largest absolute Gasteiger partial charge is 0.306 e. The summed E-state index contributed by atoms with van der Waals surface area (Å²) in [5.74, 6) is 0. The zero-order chi connectivity index (χ0) is 63.4. The number of rotatable bonds is 4. The van der Waals surface area contributed by atoms with Gasteiger partial charge in [-0.15, -0.1) is 22.7 Å². The third-order valence-electron chi connectivity index (χ3n) is 19.8. The highest BCUT2D eigenvalue weighted by Crippen LogP contribution is 2.55. The minimum Gasteiger partial charge on any atom is -0.306 e. The van der Waals surface area contributed by atoms with Crippen molar-refractivity contribution in [2.24, 2.45) is 0 Å². The Balaban J connectivity index is 1.22. The van der Waals surface area contributed by atoms with Crippen LogP contribution in [-0.4, -0.2) is 18.3 Å². The van der Waals surface area contributed by atoms with E-state index < -0.39 is 0 Å². The molecule has 0 aliphatic rings. The predicted octanol–water partition coefficient (Wildman–Crippen LogP) is 23.7. The van der Waals surface area contributed by atoms with Gasteiger partial charge in [0.15, 0.2) is 0 Å². The molecule has 0 spiro atoms. The molecule has 11 aromatic carbocycles. The Bertz CT molecular complexity index is 5940. The van der Waals surface area contributed by atoms with Crippen molar-refractivity contribution in [1.29, 1.82) is 10.5 Å². The Hall–Kier alpha value is -9.96. The fraction of sp³-hybridized carbons (Fsp3) is 0.190. The molecule has 0 saturated carbocycles. The molecule has 6 heterocycles. The van der Waals surface area contributed by atoms with Crippen LogP contribution >= 0.6 is 22.7 Å². The van der Waals surface area contributed by atoms with Gasteiger partial charge < -0.3 is 18.3 Å². The van der Waals surface area contributed by atoms with Gasteiger partial charge in [-0.25, -0.2) is 0 Å². The number of benzene rings is 11. The second-order valence-electron chi connectivity index (χ2n) is 29.5. The third kappa shape index (κ3) is 7.75. The molecule has 8 heteroatoms. The van der Waals surface area contributed by atoms with E-state index >= 15 is 0 Å². The van der Waals surface area contributed by atoms with Gasteiger partial charge in [0.05, 0.1) is 76.3 Å². The van der Waals surface area contributed by atoms with E-state index in [2.05, 4.69) is 308 Å².